The molecule has 1 aromatic carbocycles. The Morgan fingerprint density at radius 1 is 1.30 bits per heavy atom. The SMILES string of the molecule is N[C@@H](CCc1ccccc1)C(=O)NCCc1ncc[nH]1. The lowest BCUT2D eigenvalue weighted by Gasteiger charge is -2.11. The van der Waals surface area contributed by atoms with Crippen molar-refractivity contribution in [1.82, 2.24) is 15.3 Å². The van der Waals surface area contributed by atoms with Crippen molar-refractivity contribution in [2.45, 2.75) is 25.3 Å². The maximum Gasteiger partial charge on any atom is 0.236 e. The van der Waals surface area contributed by atoms with Gasteiger partial charge in [-0.3, -0.25) is 4.79 Å². The quantitative estimate of drug-likeness (QED) is 0.704. The molecule has 5 nitrogen and oxygen atoms in total. The zero-order valence-electron chi connectivity index (χ0n) is 11.4. The monoisotopic (exact) mass is 272 g/mol. The van der Waals surface area contributed by atoms with Crippen LogP contribution in [-0.4, -0.2) is 28.5 Å². The molecule has 0 saturated carbocycles. The molecule has 1 aromatic heterocycles. The Balaban J connectivity index is 1.66. The number of amides is 1. The average molecular weight is 272 g/mol. The number of nitrogens with two attached hydrogens (primary N) is 1. The Morgan fingerprint density at radius 2 is 2.10 bits per heavy atom. The van der Waals surface area contributed by atoms with E-state index < -0.39 is 6.04 Å². The highest BCUT2D eigenvalue weighted by Gasteiger charge is 2.12. The fraction of sp³-hybridized carbons (Fsp3) is 0.333. The molecule has 0 bridgehead atoms. The van der Waals surface area contributed by atoms with Crippen LogP contribution in [0.15, 0.2) is 42.7 Å². The largest absolute Gasteiger partial charge is 0.354 e. The summed E-state index contributed by atoms with van der Waals surface area (Å²) in [5.74, 6) is 0.760. The first-order valence-electron chi connectivity index (χ1n) is 6.81. The maximum absolute atomic E-state index is 11.8. The van der Waals surface area contributed by atoms with Crippen molar-refractivity contribution in [1.29, 1.82) is 0 Å². The molecule has 5 heteroatoms. The van der Waals surface area contributed by atoms with Crippen LogP contribution in [0.5, 0.6) is 0 Å². The van der Waals surface area contributed by atoms with Crippen LogP contribution in [0.2, 0.25) is 0 Å². The normalized spacial score (nSPS) is 12.1. The second-order valence-corrected chi connectivity index (χ2v) is 4.71. The molecule has 0 unspecified atom stereocenters. The van der Waals surface area contributed by atoms with Gasteiger partial charge in [-0.25, -0.2) is 4.98 Å². The number of benzene rings is 1. The van der Waals surface area contributed by atoms with Gasteiger partial charge in [-0.2, -0.15) is 0 Å². The number of aromatic amines is 1. The third-order valence-corrected chi connectivity index (χ3v) is 3.14. The van der Waals surface area contributed by atoms with E-state index in [-0.39, 0.29) is 5.91 Å². The van der Waals surface area contributed by atoms with E-state index in [1.54, 1.807) is 12.4 Å². The van der Waals surface area contributed by atoms with Crippen LogP contribution in [0, 0.1) is 0 Å². The lowest BCUT2D eigenvalue weighted by molar-refractivity contribution is -0.122. The van der Waals surface area contributed by atoms with Gasteiger partial charge >= 0.3 is 0 Å². The zero-order chi connectivity index (χ0) is 14.2. The molecule has 2 rings (SSSR count). The first-order chi connectivity index (χ1) is 9.75. The van der Waals surface area contributed by atoms with Crippen LogP contribution in [0.4, 0.5) is 0 Å². The minimum absolute atomic E-state index is 0.104. The molecule has 0 spiro atoms. The summed E-state index contributed by atoms with van der Waals surface area (Å²) in [4.78, 5) is 18.9. The molecule has 1 atom stereocenters. The number of aromatic nitrogens is 2. The molecule has 0 aliphatic rings. The van der Waals surface area contributed by atoms with Crippen molar-refractivity contribution in [3.8, 4) is 0 Å². The van der Waals surface area contributed by atoms with Crippen LogP contribution in [0.25, 0.3) is 0 Å². The summed E-state index contributed by atoms with van der Waals surface area (Å²) in [5.41, 5.74) is 7.09. The van der Waals surface area contributed by atoms with Crippen LogP contribution in [-0.2, 0) is 17.6 Å². The Bertz CT molecular complexity index is 510. The van der Waals surface area contributed by atoms with Gasteiger partial charge in [0, 0.05) is 25.4 Å². The Hall–Kier alpha value is -2.14. The summed E-state index contributed by atoms with van der Waals surface area (Å²) >= 11 is 0. The van der Waals surface area contributed by atoms with Crippen LogP contribution in [0.1, 0.15) is 17.8 Å². The molecule has 0 aliphatic heterocycles. The van der Waals surface area contributed by atoms with Gasteiger partial charge in [0.1, 0.15) is 5.82 Å². The number of aryl methyl sites for hydroxylation is 1. The van der Waals surface area contributed by atoms with Crippen LogP contribution in [0.3, 0.4) is 0 Å². The Morgan fingerprint density at radius 3 is 2.80 bits per heavy atom. The van der Waals surface area contributed by atoms with E-state index in [9.17, 15) is 4.79 Å². The van der Waals surface area contributed by atoms with Crippen molar-refractivity contribution in [2.24, 2.45) is 5.73 Å². The summed E-state index contributed by atoms with van der Waals surface area (Å²) < 4.78 is 0. The number of hydrogen-bond acceptors (Lipinski definition) is 3. The van der Waals surface area contributed by atoms with E-state index in [4.69, 9.17) is 5.73 Å². The minimum atomic E-state index is -0.466. The third-order valence-electron chi connectivity index (χ3n) is 3.14. The maximum atomic E-state index is 11.8. The number of carbonyl (C=O) groups excluding carboxylic acids is 1. The van der Waals surface area contributed by atoms with Gasteiger partial charge < -0.3 is 16.0 Å². The van der Waals surface area contributed by atoms with Crippen molar-refractivity contribution >= 4 is 5.91 Å². The number of carbonyl (C=O) groups is 1. The van der Waals surface area contributed by atoms with Crippen molar-refractivity contribution < 1.29 is 4.79 Å². The smallest absolute Gasteiger partial charge is 0.236 e. The summed E-state index contributed by atoms with van der Waals surface area (Å²) in [6.07, 6.45) is 5.61. The lowest BCUT2D eigenvalue weighted by Crippen LogP contribution is -2.41. The molecule has 0 radical (unpaired) electrons. The van der Waals surface area contributed by atoms with E-state index in [0.717, 1.165) is 12.2 Å². The number of rotatable bonds is 7. The molecular weight excluding hydrogens is 252 g/mol. The van der Waals surface area contributed by atoms with Gasteiger partial charge in [0.05, 0.1) is 6.04 Å². The predicted octanol–water partition coefficient (Wildman–Crippen LogP) is 1.03. The van der Waals surface area contributed by atoms with Crippen molar-refractivity contribution in [2.75, 3.05) is 6.54 Å². The fourth-order valence-electron chi connectivity index (χ4n) is 1.97. The van der Waals surface area contributed by atoms with Crippen molar-refractivity contribution in [3.05, 3.63) is 54.1 Å². The number of hydrogen-bond donors (Lipinski definition) is 3. The van der Waals surface area contributed by atoms with Gasteiger partial charge in [-0.15, -0.1) is 0 Å². The van der Waals surface area contributed by atoms with Crippen molar-refractivity contribution in [3.63, 3.8) is 0 Å². The number of nitrogens with one attached hydrogen (secondary N) is 2. The highest BCUT2D eigenvalue weighted by atomic mass is 16.2. The summed E-state index contributed by atoms with van der Waals surface area (Å²) in [6, 6.07) is 9.58. The molecule has 4 N–H and O–H groups in total. The summed E-state index contributed by atoms with van der Waals surface area (Å²) in [7, 11) is 0. The highest BCUT2D eigenvalue weighted by Crippen LogP contribution is 2.04. The molecule has 106 valence electrons. The van der Waals surface area contributed by atoms with E-state index in [0.29, 0.717) is 19.4 Å². The zero-order valence-corrected chi connectivity index (χ0v) is 11.4. The molecule has 0 fully saturated rings. The number of H-pyrrole nitrogens is 1. The standard InChI is InChI=1S/C15H20N4O/c16-13(7-6-12-4-2-1-3-5-12)15(20)19-9-8-14-17-10-11-18-14/h1-5,10-11,13H,6-9,16H2,(H,17,18)(H,19,20)/t13-/m0/s1. The van der Waals surface area contributed by atoms with Crippen LogP contribution >= 0.6 is 0 Å². The highest BCUT2D eigenvalue weighted by molar-refractivity contribution is 5.81. The van der Waals surface area contributed by atoms with Gasteiger partial charge in [0.2, 0.25) is 5.91 Å². The average Bonchev–Trinajstić information content (AvgIpc) is 2.99. The predicted molar refractivity (Wildman–Crippen MR) is 78.0 cm³/mol. The molecule has 1 heterocycles. The molecule has 20 heavy (non-hydrogen) atoms. The van der Waals surface area contributed by atoms with E-state index in [2.05, 4.69) is 15.3 Å². The van der Waals surface area contributed by atoms with Gasteiger partial charge in [-0.1, -0.05) is 30.3 Å². The summed E-state index contributed by atoms with van der Waals surface area (Å²) in [6.45, 7) is 0.547. The fourth-order valence-corrected chi connectivity index (χ4v) is 1.97. The topological polar surface area (TPSA) is 83.8 Å². The van der Waals surface area contributed by atoms with Gasteiger partial charge in [0.25, 0.3) is 0 Å². The summed E-state index contributed by atoms with van der Waals surface area (Å²) in [5, 5.41) is 2.83. The second-order valence-electron chi connectivity index (χ2n) is 4.71. The molecular formula is C15H20N4O. The minimum Gasteiger partial charge on any atom is -0.354 e. The number of nitrogens with zero attached hydrogens (tertiary/aromatic N) is 1. The lowest BCUT2D eigenvalue weighted by atomic mass is 10.1. The first kappa shape index (κ1) is 14.3. The molecule has 0 aliphatic carbocycles. The van der Waals surface area contributed by atoms with E-state index in [1.807, 2.05) is 30.3 Å². The molecule has 1 amide bonds. The third kappa shape index (κ3) is 4.51. The van der Waals surface area contributed by atoms with Gasteiger partial charge in [0.15, 0.2) is 0 Å². The van der Waals surface area contributed by atoms with Crippen LogP contribution < -0.4 is 11.1 Å². The Labute approximate surface area is 118 Å². The molecule has 2 aromatic rings. The first-order valence-corrected chi connectivity index (χ1v) is 6.81. The number of imidazole rings is 1. The second kappa shape index (κ2) is 7.45. The van der Waals surface area contributed by atoms with Gasteiger partial charge in [-0.05, 0) is 18.4 Å². The Kier molecular flexibility index (Phi) is 5.32. The van der Waals surface area contributed by atoms with E-state index in [1.165, 1.54) is 5.56 Å². The molecule has 0 saturated heterocycles. The van der Waals surface area contributed by atoms with E-state index >= 15 is 0 Å².